The van der Waals surface area contributed by atoms with Crippen LogP contribution in [0.1, 0.15) is 62.5 Å². The van der Waals surface area contributed by atoms with Crippen molar-refractivity contribution in [3.05, 3.63) is 46.4 Å². The minimum absolute atomic E-state index is 0.0327. The Morgan fingerprint density at radius 2 is 1.93 bits per heavy atom. The summed E-state index contributed by atoms with van der Waals surface area (Å²) in [5.41, 5.74) is 2.74. The summed E-state index contributed by atoms with van der Waals surface area (Å²) in [4.78, 5) is 12.9. The molecule has 0 saturated heterocycles. The molecule has 0 spiro atoms. The number of hydrogen-bond acceptors (Lipinski definition) is 2. The van der Waals surface area contributed by atoms with Crippen molar-refractivity contribution in [1.29, 1.82) is 0 Å². The van der Waals surface area contributed by atoms with E-state index in [-0.39, 0.29) is 5.02 Å². The second-order valence-corrected chi connectivity index (χ2v) is 8.16. The molecule has 154 valence electrons. The first-order chi connectivity index (χ1) is 13.8. The molecule has 1 saturated carbocycles. The summed E-state index contributed by atoms with van der Waals surface area (Å²) >= 11 is 6.30. The van der Waals surface area contributed by atoms with Crippen molar-refractivity contribution < 1.29 is 13.2 Å². The first kappa shape index (κ1) is 20.2. The number of imidazole rings is 1. The predicted molar refractivity (Wildman–Crippen MR) is 109 cm³/mol. The van der Waals surface area contributed by atoms with E-state index in [1.807, 2.05) is 6.92 Å². The van der Waals surface area contributed by atoms with Crippen molar-refractivity contribution in [2.75, 3.05) is 0 Å². The van der Waals surface area contributed by atoms with Gasteiger partial charge in [-0.25, -0.2) is 4.98 Å². The predicted octanol–water partition coefficient (Wildman–Crippen LogP) is 7.15. The van der Waals surface area contributed by atoms with Crippen LogP contribution in [0.4, 0.5) is 13.2 Å². The lowest BCUT2D eigenvalue weighted by Gasteiger charge is -2.17. The normalized spacial score (nSPS) is 15.8. The lowest BCUT2D eigenvalue weighted by molar-refractivity contribution is -0.137. The summed E-state index contributed by atoms with van der Waals surface area (Å²) in [5, 5.41) is 0.0327. The number of aromatic amines is 1. The third-order valence-corrected chi connectivity index (χ3v) is 5.91. The lowest BCUT2D eigenvalue weighted by atomic mass is 9.93. The Bertz CT molecular complexity index is 1040. The summed E-state index contributed by atoms with van der Waals surface area (Å²) in [7, 11) is 0. The largest absolute Gasteiger partial charge is 0.416 e. The molecule has 0 bridgehead atoms. The van der Waals surface area contributed by atoms with Gasteiger partial charge >= 0.3 is 6.18 Å². The van der Waals surface area contributed by atoms with Gasteiger partial charge in [0.1, 0.15) is 11.3 Å². The lowest BCUT2D eigenvalue weighted by Crippen LogP contribution is -2.06. The molecule has 1 atom stereocenters. The topological polar surface area (TPSA) is 41.6 Å². The van der Waals surface area contributed by atoms with Crippen molar-refractivity contribution in [2.45, 2.75) is 58.0 Å². The average molecular weight is 422 g/mol. The highest BCUT2D eigenvalue weighted by Gasteiger charge is 2.34. The van der Waals surface area contributed by atoms with Crippen LogP contribution in [0.2, 0.25) is 5.02 Å². The molecule has 2 heterocycles. The van der Waals surface area contributed by atoms with Crippen molar-refractivity contribution in [3.8, 4) is 11.3 Å². The maximum atomic E-state index is 13.1. The molecule has 1 aromatic carbocycles. The van der Waals surface area contributed by atoms with E-state index in [1.54, 1.807) is 0 Å². The van der Waals surface area contributed by atoms with Crippen LogP contribution in [0.3, 0.4) is 0 Å². The number of alkyl halides is 3. The molecule has 0 amide bonds. The van der Waals surface area contributed by atoms with E-state index in [0.717, 1.165) is 48.4 Å². The fourth-order valence-electron chi connectivity index (χ4n) is 3.95. The van der Waals surface area contributed by atoms with Crippen LogP contribution in [0.25, 0.3) is 22.3 Å². The van der Waals surface area contributed by atoms with Crippen molar-refractivity contribution in [3.63, 3.8) is 0 Å². The third kappa shape index (κ3) is 4.00. The minimum Gasteiger partial charge on any atom is -0.342 e. The molecule has 29 heavy (non-hydrogen) atoms. The number of H-pyrrole nitrogens is 1. The molecule has 4 rings (SSSR count). The Kier molecular flexibility index (Phi) is 5.32. The van der Waals surface area contributed by atoms with E-state index >= 15 is 0 Å². The smallest absolute Gasteiger partial charge is 0.342 e. The number of benzene rings is 1. The molecule has 1 unspecified atom stereocenters. The number of halogens is 4. The van der Waals surface area contributed by atoms with Crippen LogP contribution in [-0.2, 0) is 12.6 Å². The van der Waals surface area contributed by atoms with Gasteiger partial charge in [0.15, 0.2) is 0 Å². The van der Waals surface area contributed by atoms with Gasteiger partial charge in [-0.2, -0.15) is 13.2 Å². The molecule has 1 aliphatic carbocycles. The van der Waals surface area contributed by atoms with E-state index in [9.17, 15) is 13.2 Å². The van der Waals surface area contributed by atoms with Gasteiger partial charge in [-0.05, 0) is 43.4 Å². The Hall–Kier alpha value is -2.08. The molecule has 1 N–H and O–H groups in total. The molecular formula is C22H23ClF3N3. The van der Waals surface area contributed by atoms with E-state index < -0.39 is 11.7 Å². The summed E-state index contributed by atoms with van der Waals surface area (Å²) in [6.45, 7) is 4.16. The van der Waals surface area contributed by atoms with Crippen LogP contribution < -0.4 is 0 Å². The first-order valence-corrected chi connectivity index (χ1v) is 10.5. The van der Waals surface area contributed by atoms with E-state index in [0.29, 0.717) is 28.6 Å². The van der Waals surface area contributed by atoms with Crippen LogP contribution in [0.15, 0.2) is 24.3 Å². The molecule has 7 heteroatoms. The molecule has 2 aromatic heterocycles. The number of aromatic nitrogens is 3. The quantitative estimate of drug-likeness (QED) is 0.459. The average Bonchev–Trinajstić information content (AvgIpc) is 3.42. The highest BCUT2D eigenvalue weighted by atomic mass is 35.5. The maximum absolute atomic E-state index is 13.1. The second kappa shape index (κ2) is 7.63. The highest BCUT2D eigenvalue weighted by molar-refractivity contribution is 6.33. The summed E-state index contributed by atoms with van der Waals surface area (Å²) < 4.78 is 39.2. The zero-order chi connectivity index (χ0) is 20.8. The number of rotatable bonds is 6. The summed E-state index contributed by atoms with van der Waals surface area (Å²) in [5.74, 6) is 1.80. The summed E-state index contributed by atoms with van der Waals surface area (Å²) in [6, 6.07) is 5.48. The molecule has 0 radical (unpaired) electrons. The SMILES string of the molecule is CCCC(c1cc2[nH]c(CC)nc2c(-c2ccc(C(F)(F)F)cc2Cl)n1)C1CC1. The van der Waals surface area contributed by atoms with E-state index in [1.165, 1.54) is 18.9 Å². The monoisotopic (exact) mass is 421 g/mol. The highest BCUT2D eigenvalue weighted by Crippen LogP contribution is 2.46. The minimum atomic E-state index is -4.44. The first-order valence-electron chi connectivity index (χ1n) is 10.1. The van der Waals surface area contributed by atoms with Gasteiger partial charge in [0.25, 0.3) is 0 Å². The van der Waals surface area contributed by atoms with E-state index in [4.69, 9.17) is 16.6 Å². The molecule has 3 nitrogen and oxygen atoms in total. The van der Waals surface area contributed by atoms with Crippen LogP contribution in [0.5, 0.6) is 0 Å². The number of fused-ring (bicyclic) bond motifs is 1. The number of hydrogen-bond donors (Lipinski definition) is 1. The molecule has 1 aliphatic rings. The number of aryl methyl sites for hydroxylation is 1. The Morgan fingerprint density at radius 1 is 1.17 bits per heavy atom. The number of pyridine rings is 1. The second-order valence-electron chi connectivity index (χ2n) is 7.75. The van der Waals surface area contributed by atoms with Crippen LogP contribution in [0, 0.1) is 5.92 Å². The van der Waals surface area contributed by atoms with Crippen molar-refractivity contribution >= 4 is 22.6 Å². The fourth-order valence-corrected chi connectivity index (χ4v) is 4.22. The van der Waals surface area contributed by atoms with Crippen LogP contribution >= 0.6 is 11.6 Å². The van der Waals surface area contributed by atoms with Crippen LogP contribution in [-0.4, -0.2) is 15.0 Å². The molecular weight excluding hydrogens is 399 g/mol. The van der Waals surface area contributed by atoms with E-state index in [2.05, 4.69) is 23.0 Å². The van der Waals surface area contributed by atoms with Gasteiger partial charge in [-0.1, -0.05) is 37.9 Å². The Balaban J connectivity index is 1.89. The van der Waals surface area contributed by atoms with Gasteiger partial charge < -0.3 is 4.98 Å². The molecule has 0 aliphatic heterocycles. The standard InChI is InChI=1S/C22H23ClF3N3/c1-3-5-14(12-6-7-12)17-11-18-21(29-19(4-2)27-18)20(28-17)15-9-8-13(10-16(15)23)22(24,25)26/h8-12,14H,3-7H2,1-2H3,(H,27,29). The number of nitrogens with zero attached hydrogens (tertiary/aromatic N) is 2. The third-order valence-electron chi connectivity index (χ3n) is 5.60. The Labute approximate surface area is 172 Å². The van der Waals surface area contributed by atoms with Gasteiger partial charge in [0.2, 0.25) is 0 Å². The zero-order valence-electron chi connectivity index (χ0n) is 16.4. The molecule has 1 fully saturated rings. The Morgan fingerprint density at radius 3 is 2.52 bits per heavy atom. The summed E-state index contributed by atoms with van der Waals surface area (Å²) in [6.07, 6.45) is 0.782. The van der Waals surface area contributed by atoms with Gasteiger partial charge in [-0.15, -0.1) is 0 Å². The van der Waals surface area contributed by atoms with Gasteiger partial charge in [0.05, 0.1) is 21.8 Å². The van der Waals surface area contributed by atoms with Crippen molar-refractivity contribution in [1.82, 2.24) is 15.0 Å². The number of nitrogens with one attached hydrogen (secondary N) is 1. The van der Waals surface area contributed by atoms with Gasteiger partial charge in [0, 0.05) is 23.6 Å². The zero-order valence-corrected chi connectivity index (χ0v) is 17.2. The fraction of sp³-hybridized carbons (Fsp3) is 0.455. The maximum Gasteiger partial charge on any atom is 0.416 e. The van der Waals surface area contributed by atoms with Crippen molar-refractivity contribution in [2.24, 2.45) is 5.92 Å². The van der Waals surface area contributed by atoms with Gasteiger partial charge in [-0.3, -0.25) is 4.98 Å². The molecule has 3 aromatic rings.